The monoisotopic (exact) mass is 278 g/mol. The van der Waals surface area contributed by atoms with E-state index in [-0.39, 0.29) is 6.04 Å². The molecule has 0 radical (unpaired) electrons. The highest BCUT2D eigenvalue weighted by molar-refractivity contribution is 5.68. The second-order valence-corrected chi connectivity index (χ2v) is 5.55. The molecule has 6 heteroatoms. The van der Waals surface area contributed by atoms with Crippen molar-refractivity contribution in [1.82, 2.24) is 15.3 Å². The number of amides is 1. The molecule has 1 heterocycles. The zero-order valence-corrected chi connectivity index (χ0v) is 12.4. The van der Waals surface area contributed by atoms with E-state index in [2.05, 4.69) is 15.3 Å². The van der Waals surface area contributed by atoms with Crippen molar-refractivity contribution in [3.05, 3.63) is 24.2 Å². The van der Waals surface area contributed by atoms with Crippen LogP contribution in [0.2, 0.25) is 0 Å². The third-order valence-electron chi connectivity index (χ3n) is 2.23. The van der Waals surface area contributed by atoms with Crippen molar-refractivity contribution in [3.63, 3.8) is 0 Å². The van der Waals surface area contributed by atoms with E-state index in [4.69, 9.17) is 10.5 Å². The van der Waals surface area contributed by atoms with E-state index in [9.17, 15) is 4.79 Å². The molecule has 0 unspecified atom stereocenters. The summed E-state index contributed by atoms with van der Waals surface area (Å²) in [7, 11) is 0. The number of hydrogen-bond donors (Lipinski definition) is 2. The number of nitrogens with one attached hydrogen (secondary N) is 1. The summed E-state index contributed by atoms with van der Waals surface area (Å²) in [4.78, 5) is 19.6. The van der Waals surface area contributed by atoms with Crippen molar-refractivity contribution in [2.45, 2.75) is 45.8 Å². The van der Waals surface area contributed by atoms with Crippen LogP contribution in [0.4, 0.5) is 10.6 Å². The number of nitrogen functional groups attached to an aromatic ring is 1. The summed E-state index contributed by atoms with van der Waals surface area (Å²) in [5, 5.41) is 2.76. The van der Waals surface area contributed by atoms with Gasteiger partial charge in [-0.3, -0.25) is 4.98 Å². The molecule has 0 aliphatic carbocycles. The zero-order valence-electron chi connectivity index (χ0n) is 12.4. The van der Waals surface area contributed by atoms with Crippen molar-refractivity contribution in [2.75, 3.05) is 5.73 Å². The lowest BCUT2D eigenvalue weighted by atomic mass is 10.2. The summed E-state index contributed by atoms with van der Waals surface area (Å²) in [5.74, 6) is 0.391. The molecule has 20 heavy (non-hydrogen) atoms. The van der Waals surface area contributed by atoms with Crippen molar-refractivity contribution in [1.29, 1.82) is 0 Å². The van der Waals surface area contributed by atoms with Gasteiger partial charge >= 0.3 is 6.09 Å². The van der Waals surface area contributed by atoms with Crippen molar-refractivity contribution in [2.24, 2.45) is 0 Å². The summed E-state index contributed by atoms with van der Waals surface area (Å²) >= 11 is 0. The van der Waals surface area contributed by atoms with Gasteiger partial charge in [0, 0.05) is 6.04 Å². The van der Waals surface area contributed by atoms with Gasteiger partial charge in [0.05, 0.1) is 18.1 Å². The Kier molecular flexibility index (Phi) is 5.49. The summed E-state index contributed by atoms with van der Waals surface area (Å²) in [5.41, 5.74) is 5.69. The standard InChI is InChI=1S/C14H22N4O2/c1-10(18-13(19)20-14(2,3)4)6-5-7-11-8-17-12(15)9-16-11/h5,7-10H,6H2,1-4H3,(H2,15,17)(H,18,19)/b7-5+/t10-/m0/s1. The molecule has 1 aromatic heterocycles. The van der Waals surface area contributed by atoms with Gasteiger partial charge in [0.25, 0.3) is 0 Å². The normalized spacial score (nSPS) is 13.2. The lowest BCUT2D eigenvalue weighted by Crippen LogP contribution is -2.37. The Labute approximate surface area is 119 Å². The number of aromatic nitrogens is 2. The third-order valence-corrected chi connectivity index (χ3v) is 2.23. The molecule has 0 saturated heterocycles. The van der Waals surface area contributed by atoms with E-state index < -0.39 is 11.7 Å². The molecule has 0 fully saturated rings. The molecular weight excluding hydrogens is 256 g/mol. The number of rotatable bonds is 4. The molecule has 0 aromatic carbocycles. The first-order valence-electron chi connectivity index (χ1n) is 6.50. The van der Waals surface area contributed by atoms with Crippen LogP contribution < -0.4 is 11.1 Å². The van der Waals surface area contributed by atoms with Crippen LogP contribution in [0.5, 0.6) is 0 Å². The van der Waals surface area contributed by atoms with Crippen LogP contribution >= 0.6 is 0 Å². The molecular formula is C14H22N4O2. The van der Waals surface area contributed by atoms with Crippen LogP contribution in [0, 0.1) is 0 Å². The van der Waals surface area contributed by atoms with Crippen LogP contribution in [0.15, 0.2) is 18.5 Å². The Bertz CT molecular complexity index is 463. The van der Waals surface area contributed by atoms with Gasteiger partial charge in [-0.25, -0.2) is 9.78 Å². The van der Waals surface area contributed by atoms with Crippen molar-refractivity contribution in [3.8, 4) is 0 Å². The minimum atomic E-state index is -0.487. The largest absolute Gasteiger partial charge is 0.444 e. The maximum atomic E-state index is 11.5. The second kappa shape index (κ2) is 6.88. The zero-order chi connectivity index (χ0) is 15.2. The summed E-state index contributed by atoms with van der Waals surface area (Å²) in [6.07, 6.45) is 7.11. The van der Waals surface area contributed by atoms with E-state index in [1.807, 2.05) is 39.8 Å². The smallest absolute Gasteiger partial charge is 0.407 e. The van der Waals surface area contributed by atoms with E-state index in [0.717, 1.165) is 5.69 Å². The third kappa shape index (κ3) is 6.72. The Balaban J connectivity index is 2.37. The SMILES string of the molecule is C[C@@H](C/C=C/c1cnc(N)cn1)NC(=O)OC(C)(C)C. The van der Waals surface area contributed by atoms with E-state index in [0.29, 0.717) is 12.2 Å². The van der Waals surface area contributed by atoms with Gasteiger partial charge in [-0.15, -0.1) is 0 Å². The lowest BCUT2D eigenvalue weighted by Gasteiger charge is -2.21. The molecule has 0 aliphatic heterocycles. The molecule has 0 aliphatic rings. The van der Waals surface area contributed by atoms with Crippen LogP contribution in [0.25, 0.3) is 6.08 Å². The number of hydrogen-bond acceptors (Lipinski definition) is 5. The molecule has 1 aromatic rings. The first-order chi connectivity index (χ1) is 9.26. The molecule has 1 amide bonds. The fourth-order valence-electron chi connectivity index (χ4n) is 1.39. The fourth-order valence-corrected chi connectivity index (χ4v) is 1.39. The molecule has 0 spiro atoms. The maximum absolute atomic E-state index is 11.5. The van der Waals surface area contributed by atoms with Crippen molar-refractivity contribution < 1.29 is 9.53 Å². The Hall–Kier alpha value is -2.11. The second-order valence-electron chi connectivity index (χ2n) is 5.55. The van der Waals surface area contributed by atoms with Crippen LogP contribution in [0.1, 0.15) is 39.8 Å². The summed E-state index contributed by atoms with van der Waals surface area (Å²) in [6, 6.07) is -0.0251. The first kappa shape index (κ1) is 15.9. The Morgan fingerprint density at radius 3 is 2.70 bits per heavy atom. The van der Waals surface area contributed by atoms with E-state index in [1.165, 1.54) is 6.20 Å². The summed E-state index contributed by atoms with van der Waals surface area (Å²) < 4.78 is 5.18. The lowest BCUT2D eigenvalue weighted by molar-refractivity contribution is 0.0509. The predicted octanol–water partition coefficient (Wildman–Crippen LogP) is 2.38. The number of anilines is 1. The highest BCUT2D eigenvalue weighted by atomic mass is 16.6. The average molecular weight is 278 g/mol. The van der Waals surface area contributed by atoms with Gasteiger partial charge < -0.3 is 15.8 Å². The van der Waals surface area contributed by atoms with Crippen LogP contribution in [0.3, 0.4) is 0 Å². The van der Waals surface area contributed by atoms with Gasteiger partial charge in [-0.05, 0) is 40.2 Å². The van der Waals surface area contributed by atoms with Gasteiger partial charge in [0.2, 0.25) is 0 Å². The van der Waals surface area contributed by atoms with E-state index in [1.54, 1.807) is 6.20 Å². The minimum Gasteiger partial charge on any atom is -0.444 e. The molecule has 0 saturated carbocycles. The number of nitrogens with zero attached hydrogens (tertiary/aromatic N) is 2. The van der Waals surface area contributed by atoms with E-state index >= 15 is 0 Å². The van der Waals surface area contributed by atoms with Gasteiger partial charge in [-0.1, -0.05) is 6.08 Å². The minimum absolute atomic E-state index is 0.0251. The van der Waals surface area contributed by atoms with Crippen LogP contribution in [-0.4, -0.2) is 27.7 Å². The molecule has 1 rings (SSSR count). The number of carbonyl (C=O) groups is 1. The quantitative estimate of drug-likeness (QED) is 0.882. The summed E-state index contributed by atoms with van der Waals surface area (Å²) in [6.45, 7) is 7.40. The van der Waals surface area contributed by atoms with Crippen LogP contribution in [-0.2, 0) is 4.74 Å². The molecule has 3 N–H and O–H groups in total. The highest BCUT2D eigenvalue weighted by Crippen LogP contribution is 2.07. The molecule has 0 bridgehead atoms. The molecule has 110 valence electrons. The predicted molar refractivity (Wildman–Crippen MR) is 78.9 cm³/mol. The topological polar surface area (TPSA) is 90.1 Å². The highest BCUT2D eigenvalue weighted by Gasteiger charge is 2.17. The molecule has 1 atom stereocenters. The number of ether oxygens (including phenoxy) is 1. The number of nitrogens with two attached hydrogens (primary N) is 1. The first-order valence-corrected chi connectivity index (χ1v) is 6.50. The van der Waals surface area contributed by atoms with Crippen molar-refractivity contribution >= 4 is 18.0 Å². The molecule has 6 nitrogen and oxygen atoms in total. The number of alkyl carbamates (subject to hydrolysis) is 1. The number of carbonyl (C=O) groups excluding carboxylic acids is 1. The Morgan fingerprint density at radius 2 is 2.15 bits per heavy atom. The van der Waals surface area contributed by atoms with Gasteiger partial charge in [0.1, 0.15) is 11.4 Å². The average Bonchev–Trinajstić information content (AvgIpc) is 2.29. The van der Waals surface area contributed by atoms with Gasteiger partial charge in [-0.2, -0.15) is 0 Å². The van der Waals surface area contributed by atoms with Gasteiger partial charge in [0.15, 0.2) is 0 Å². The Morgan fingerprint density at radius 1 is 1.45 bits per heavy atom. The fraction of sp³-hybridized carbons (Fsp3) is 0.500. The maximum Gasteiger partial charge on any atom is 0.407 e.